The van der Waals surface area contributed by atoms with E-state index in [2.05, 4.69) is 32.1 Å². The van der Waals surface area contributed by atoms with Crippen LogP contribution in [0.3, 0.4) is 0 Å². The largest absolute Gasteiger partial charge is 0.497 e. The summed E-state index contributed by atoms with van der Waals surface area (Å²) in [6.45, 7) is 4.88. The standard InChI is InChI=1S/C28H33N5O3/c1-35-24-7-3-21(4-8-24)26-11-12-27(30-29-26)32-15-13-22(14-16-32)28(34)33-19-17-31(18-20-33)23-5-9-25(36-2)10-6-23/h3-12,22H,13-20H2,1-2H3. The Morgan fingerprint density at radius 2 is 1.33 bits per heavy atom. The van der Waals surface area contributed by atoms with Gasteiger partial charge in [-0.3, -0.25) is 4.79 Å². The fourth-order valence-corrected chi connectivity index (χ4v) is 5.00. The molecule has 0 saturated carbocycles. The highest BCUT2D eigenvalue weighted by molar-refractivity contribution is 5.79. The second-order valence-electron chi connectivity index (χ2n) is 9.28. The highest BCUT2D eigenvalue weighted by Crippen LogP contribution is 2.27. The average molecular weight is 488 g/mol. The Kier molecular flexibility index (Phi) is 7.21. The van der Waals surface area contributed by atoms with E-state index >= 15 is 0 Å². The van der Waals surface area contributed by atoms with Gasteiger partial charge in [0.25, 0.3) is 0 Å². The third kappa shape index (κ3) is 5.22. The fraction of sp³-hybridized carbons (Fsp3) is 0.393. The molecule has 0 N–H and O–H groups in total. The lowest BCUT2D eigenvalue weighted by Gasteiger charge is -2.39. The van der Waals surface area contributed by atoms with Crippen molar-refractivity contribution in [3.63, 3.8) is 0 Å². The van der Waals surface area contributed by atoms with Crippen LogP contribution >= 0.6 is 0 Å². The first-order chi connectivity index (χ1) is 17.6. The lowest BCUT2D eigenvalue weighted by Crippen LogP contribution is -2.51. The zero-order valence-electron chi connectivity index (χ0n) is 21.0. The number of piperidine rings is 1. The number of benzene rings is 2. The van der Waals surface area contributed by atoms with E-state index in [1.807, 2.05) is 53.4 Å². The van der Waals surface area contributed by atoms with E-state index in [1.54, 1.807) is 14.2 Å². The van der Waals surface area contributed by atoms with Crippen LogP contribution < -0.4 is 19.3 Å². The molecule has 2 fully saturated rings. The summed E-state index contributed by atoms with van der Waals surface area (Å²) in [5.41, 5.74) is 3.02. The molecule has 8 nitrogen and oxygen atoms in total. The number of carbonyl (C=O) groups is 1. The summed E-state index contributed by atoms with van der Waals surface area (Å²) in [4.78, 5) is 19.8. The molecular weight excluding hydrogens is 454 g/mol. The van der Waals surface area contributed by atoms with Crippen LogP contribution in [0.15, 0.2) is 60.7 Å². The molecule has 3 heterocycles. The van der Waals surface area contributed by atoms with E-state index in [1.165, 1.54) is 5.69 Å². The topological polar surface area (TPSA) is 71.0 Å². The Bertz CT molecular complexity index is 1140. The van der Waals surface area contributed by atoms with E-state index in [9.17, 15) is 4.79 Å². The normalized spacial score (nSPS) is 16.7. The number of anilines is 2. The number of ether oxygens (including phenoxy) is 2. The SMILES string of the molecule is COc1ccc(-c2ccc(N3CCC(C(=O)N4CCN(c5ccc(OC)cc5)CC4)CC3)nn2)cc1. The Morgan fingerprint density at radius 3 is 1.89 bits per heavy atom. The molecule has 5 rings (SSSR count). The highest BCUT2D eigenvalue weighted by atomic mass is 16.5. The molecule has 2 aliphatic rings. The van der Waals surface area contributed by atoms with Gasteiger partial charge in [-0.05, 0) is 73.5 Å². The van der Waals surface area contributed by atoms with Gasteiger partial charge in [0.05, 0.1) is 19.9 Å². The highest BCUT2D eigenvalue weighted by Gasteiger charge is 2.31. The molecule has 0 aliphatic carbocycles. The molecule has 188 valence electrons. The number of aromatic nitrogens is 2. The van der Waals surface area contributed by atoms with Gasteiger partial charge in [0.2, 0.25) is 5.91 Å². The second-order valence-corrected chi connectivity index (χ2v) is 9.28. The van der Waals surface area contributed by atoms with Gasteiger partial charge in [-0.25, -0.2) is 0 Å². The number of carbonyl (C=O) groups excluding carboxylic acids is 1. The molecule has 8 heteroatoms. The van der Waals surface area contributed by atoms with E-state index < -0.39 is 0 Å². The minimum Gasteiger partial charge on any atom is -0.497 e. The van der Waals surface area contributed by atoms with Gasteiger partial charge in [0.1, 0.15) is 11.5 Å². The van der Waals surface area contributed by atoms with Gasteiger partial charge < -0.3 is 24.2 Å². The fourth-order valence-electron chi connectivity index (χ4n) is 5.00. The van der Waals surface area contributed by atoms with Crippen LogP contribution in [0.1, 0.15) is 12.8 Å². The number of hydrogen-bond acceptors (Lipinski definition) is 7. The molecular formula is C28H33N5O3. The molecule has 1 amide bonds. The molecule has 0 spiro atoms. The van der Waals surface area contributed by atoms with Crippen LogP contribution in [0.2, 0.25) is 0 Å². The second kappa shape index (κ2) is 10.8. The van der Waals surface area contributed by atoms with Crippen molar-refractivity contribution in [1.29, 1.82) is 0 Å². The van der Waals surface area contributed by atoms with Crippen molar-refractivity contribution >= 4 is 17.4 Å². The first-order valence-corrected chi connectivity index (χ1v) is 12.6. The summed E-state index contributed by atoms with van der Waals surface area (Å²) in [5, 5.41) is 8.89. The van der Waals surface area contributed by atoms with E-state index in [0.717, 1.165) is 80.7 Å². The van der Waals surface area contributed by atoms with E-state index in [4.69, 9.17) is 9.47 Å². The molecule has 2 aliphatic heterocycles. The van der Waals surface area contributed by atoms with Crippen LogP contribution in [-0.4, -0.2) is 74.5 Å². The van der Waals surface area contributed by atoms with Crippen molar-refractivity contribution < 1.29 is 14.3 Å². The van der Waals surface area contributed by atoms with Crippen molar-refractivity contribution in [1.82, 2.24) is 15.1 Å². The predicted octanol–water partition coefficient (Wildman–Crippen LogP) is 3.73. The zero-order valence-corrected chi connectivity index (χ0v) is 21.0. The number of amides is 1. The molecule has 0 radical (unpaired) electrons. The number of piperazine rings is 1. The molecule has 3 aromatic rings. The molecule has 0 bridgehead atoms. The maximum Gasteiger partial charge on any atom is 0.225 e. The van der Waals surface area contributed by atoms with Gasteiger partial charge in [-0.15, -0.1) is 10.2 Å². The lowest BCUT2D eigenvalue weighted by atomic mass is 9.95. The van der Waals surface area contributed by atoms with Crippen molar-refractivity contribution in [2.24, 2.45) is 5.92 Å². The van der Waals surface area contributed by atoms with E-state index in [0.29, 0.717) is 5.91 Å². The van der Waals surface area contributed by atoms with Crippen LogP contribution in [0.4, 0.5) is 11.5 Å². The Balaban J connectivity index is 1.11. The summed E-state index contributed by atoms with van der Waals surface area (Å²) in [7, 11) is 3.33. The number of hydrogen-bond donors (Lipinski definition) is 0. The van der Waals surface area contributed by atoms with Crippen LogP contribution in [0.25, 0.3) is 11.3 Å². The Hall–Kier alpha value is -3.81. The van der Waals surface area contributed by atoms with Gasteiger partial charge in [0.15, 0.2) is 5.82 Å². The molecule has 36 heavy (non-hydrogen) atoms. The predicted molar refractivity (Wildman–Crippen MR) is 141 cm³/mol. The first kappa shape index (κ1) is 23.9. The Labute approximate surface area is 212 Å². The van der Waals surface area contributed by atoms with Crippen molar-refractivity contribution in [2.75, 3.05) is 63.3 Å². The summed E-state index contributed by atoms with van der Waals surface area (Å²) in [6.07, 6.45) is 1.69. The molecule has 0 unspecified atom stereocenters. The first-order valence-electron chi connectivity index (χ1n) is 12.6. The van der Waals surface area contributed by atoms with Crippen molar-refractivity contribution in [3.8, 4) is 22.8 Å². The average Bonchev–Trinajstić information content (AvgIpc) is 2.97. The zero-order chi connectivity index (χ0) is 24.9. The maximum atomic E-state index is 13.2. The van der Waals surface area contributed by atoms with Crippen LogP contribution in [0, 0.1) is 5.92 Å². The molecule has 2 saturated heterocycles. The third-order valence-electron chi connectivity index (χ3n) is 7.23. The summed E-state index contributed by atoms with van der Waals surface area (Å²) >= 11 is 0. The minimum atomic E-state index is 0.0836. The molecule has 1 aromatic heterocycles. The third-order valence-corrected chi connectivity index (χ3v) is 7.23. The van der Waals surface area contributed by atoms with Gasteiger partial charge in [-0.1, -0.05) is 0 Å². The molecule has 2 aromatic carbocycles. The van der Waals surface area contributed by atoms with Gasteiger partial charge in [0, 0.05) is 56.4 Å². The summed E-state index contributed by atoms with van der Waals surface area (Å²) < 4.78 is 10.5. The maximum absolute atomic E-state index is 13.2. The number of rotatable bonds is 6. The molecule has 0 atom stereocenters. The van der Waals surface area contributed by atoms with Crippen molar-refractivity contribution in [2.45, 2.75) is 12.8 Å². The van der Waals surface area contributed by atoms with E-state index in [-0.39, 0.29) is 5.92 Å². The monoisotopic (exact) mass is 487 g/mol. The lowest BCUT2D eigenvalue weighted by molar-refractivity contribution is -0.136. The number of methoxy groups -OCH3 is 2. The minimum absolute atomic E-state index is 0.0836. The summed E-state index contributed by atoms with van der Waals surface area (Å²) in [5.74, 6) is 2.93. The van der Waals surface area contributed by atoms with Gasteiger partial charge >= 0.3 is 0 Å². The quantitative estimate of drug-likeness (QED) is 0.525. The van der Waals surface area contributed by atoms with Crippen molar-refractivity contribution in [3.05, 3.63) is 60.7 Å². The number of nitrogens with zero attached hydrogens (tertiary/aromatic N) is 5. The Morgan fingerprint density at radius 1 is 0.722 bits per heavy atom. The van der Waals surface area contributed by atoms with Crippen LogP contribution in [-0.2, 0) is 4.79 Å². The smallest absolute Gasteiger partial charge is 0.225 e. The summed E-state index contributed by atoms with van der Waals surface area (Å²) in [6, 6.07) is 20.0. The van der Waals surface area contributed by atoms with Crippen LogP contribution in [0.5, 0.6) is 11.5 Å². The van der Waals surface area contributed by atoms with Gasteiger partial charge in [-0.2, -0.15) is 0 Å².